The fourth-order valence-corrected chi connectivity index (χ4v) is 3.22. The summed E-state index contributed by atoms with van der Waals surface area (Å²) in [6.45, 7) is 0. The van der Waals surface area contributed by atoms with Crippen molar-refractivity contribution in [3.63, 3.8) is 0 Å². The van der Waals surface area contributed by atoms with Crippen LogP contribution in [0.2, 0.25) is 0 Å². The second kappa shape index (κ2) is 8.48. The standard InChI is InChI=1S/C25H22N2O2/c1-28-23-14-10-21(11-15-23)27(22-12-16-24(29-2)17-13-22)20-8-6-19(7-9-20)25-5-3-4-18-26-25/h3-18H,1-2H3. The smallest absolute Gasteiger partial charge is 0.119 e. The molecule has 0 atom stereocenters. The highest BCUT2D eigenvalue weighted by molar-refractivity contribution is 5.78. The molecule has 4 aromatic rings. The van der Waals surface area contributed by atoms with E-state index >= 15 is 0 Å². The summed E-state index contributed by atoms with van der Waals surface area (Å²) in [5.41, 5.74) is 5.18. The first kappa shape index (κ1) is 18.6. The summed E-state index contributed by atoms with van der Waals surface area (Å²) in [6.07, 6.45) is 1.81. The second-order valence-corrected chi connectivity index (χ2v) is 6.49. The van der Waals surface area contributed by atoms with Crippen molar-refractivity contribution >= 4 is 17.1 Å². The van der Waals surface area contributed by atoms with Crippen LogP contribution in [0.4, 0.5) is 17.1 Å². The summed E-state index contributed by atoms with van der Waals surface area (Å²) in [5, 5.41) is 0. The molecule has 4 nitrogen and oxygen atoms in total. The zero-order valence-electron chi connectivity index (χ0n) is 16.4. The molecule has 3 aromatic carbocycles. The highest BCUT2D eigenvalue weighted by Gasteiger charge is 2.13. The number of methoxy groups -OCH3 is 2. The maximum absolute atomic E-state index is 5.31. The lowest BCUT2D eigenvalue weighted by Gasteiger charge is -2.26. The first-order valence-electron chi connectivity index (χ1n) is 9.38. The molecular weight excluding hydrogens is 360 g/mol. The van der Waals surface area contributed by atoms with Crippen molar-refractivity contribution in [2.45, 2.75) is 0 Å². The SMILES string of the molecule is COc1ccc(N(c2ccc(OC)cc2)c2ccc(-c3ccccn3)cc2)cc1. The number of rotatable bonds is 6. The number of aromatic nitrogens is 1. The Bertz CT molecular complexity index is 997. The molecule has 0 N–H and O–H groups in total. The quantitative estimate of drug-likeness (QED) is 0.396. The van der Waals surface area contributed by atoms with Gasteiger partial charge in [-0.2, -0.15) is 0 Å². The number of nitrogens with zero attached hydrogens (tertiary/aromatic N) is 2. The zero-order valence-corrected chi connectivity index (χ0v) is 16.4. The van der Waals surface area contributed by atoms with E-state index in [1.54, 1.807) is 14.2 Å². The minimum absolute atomic E-state index is 0.828. The lowest BCUT2D eigenvalue weighted by molar-refractivity contribution is 0.415. The van der Waals surface area contributed by atoms with Crippen LogP contribution < -0.4 is 14.4 Å². The fraction of sp³-hybridized carbons (Fsp3) is 0.0800. The van der Waals surface area contributed by atoms with E-state index in [-0.39, 0.29) is 0 Å². The van der Waals surface area contributed by atoms with Gasteiger partial charge in [0.2, 0.25) is 0 Å². The lowest BCUT2D eigenvalue weighted by Crippen LogP contribution is -2.09. The van der Waals surface area contributed by atoms with E-state index in [4.69, 9.17) is 9.47 Å². The van der Waals surface area contributed by atoms with E-state index in [0.29, 0.717) is 0 Å². The third kappa shape index (κ3) is 4.06. The van der Waals surface area contributed by atoms with Crippen molar-refractivity contribution in [2.24, 2.45) is 0 Å². The largest absolute Gasteiger partial charge is 0.497 e. The van der Waals surface area contributed by atoms with Crippen LogP contribution in [0.5, 0.6) is 11.5 Å². The van der Waals surface area contributed by atoms with Gasteiger partial charge in [0, 0.05) is 28.8 Å². The Labute approximate surface area is 171 Å². The van der Waals surface area contributed by atoms with E-state index in [9.17, 15) is 0 Å². The molecule has 0 aliphatic rings. The zero-order chi connectivity index (χ0) is 20.1. The normalized spacial score (nSPS) is 10.4. The lowest BCUT2D eigenvalue weighted by atomic mass is 10.1. The van der Waals surface area contributed by atoms with Crippen molar-refractivity contribution in [3.8, 4) is 22.8 Å². The van der Waals surface area contributed by atoms with Crippen LogP contribution in [0.3, 0.4) is 0 Å². The average Bonchev–Trinajstić information content (AvgIpc) is 2.81. The molecule has 0 aliphatic carbocycles. The number of hydrogen-bond acceptors (Lipinski definition) is 4. The average molecular weight is 382 g/mol. The van der Waals surface area contributed by atoms with Gasteiger partial charge in [0.05, 0.1) is 19.9 Å². The van der Waals surface area contributed by atoms with Gasteiger partial charge < -0.3 is 14.4 Å². The Hall–Kier alpha value is -3.79. The van der Waals surface area contributed by atoms with E-state index in [2.05, 4.69) is 58.4 Å². The van der Waals surface area contributed by atoms with Gasteiger partial charge in [-0.25, -0.2) is 0 Å². The summed E-state index contributed by atoms with van der Waals surface area (Å²) in [4.78, 5) is 6.63. The van der Waals surface area contributed by atoms with E-state index in [1.807, 2.05) is 48.7 Å². The molecule has 1 aromatic heterocycles. The fourth-order valence-electron chi connectivity index (χ4n) is 3.22. The van der Waals surface area contributed by atoms with Crippen LogP contribution in [-0.2, 0) is 0 Å². The second-order valence-electron chi connectivity index (χ2n) is 6.49. The van der Waals surface area contributed by atoms with Crippen molar-refractivity contribution < 1.29 is 9.47 Å². The highest BCUT2D eigenvalue weighted by atomic mass is 16.5. The summed E-state index contributed by atoms with van der Waals surface area (Å²) in [7, 11) is 3.35. The molecule has 144 valence electrons. The van der Waals surface area contributed by atoms with Gasteiger partial charge >= 0.3 is 0 Å². The van der Waals surface area contributed by atoms with Crippen LogP contribution in [0.1, 0.15) is 0 Å². The van der Waals surface area contributed by atoms with Gasteiger partial charge in [0.25, 0.3) is 0 Å². The molecule has 0 bridgehead atoms. The van der Waals surface area contributed by atoms with E-state index in [0.717, 1.165) is 39.8 Å². The molecule has 0 fully saturated rings. The van der Waals surface area contributed by atoms with Crippen LogP contribution >= 0.6 is 0 Å². The van der Waals surface area contributed by atoms with Gasteiger partial charge in [-0.05, 0) is 72.8 Å². The minimum Gasteiger partial charge on any atom is -0.497 e. The van der Waals surface area contributed by atoms with Crippen LogP contribution in [0.15, 0.2) is 97.2 Å². The van der Waals surface area contributed by atoms with Gasteiger partial charge in [-0.3, -0.25) is 4.98 Å². The summed E-state index contributed by atoms with van der Waals surface area (Å²) < 4.78 is 10.6. The first-order chi connectivity index (χ1) is 14.3. The molecule has 0 radical (unpaired) electrons. The van der Waals surface area contributed by atoms with Crippen LogP contribution in [-0.4, -0.2) is 19.2 Å². The number of pyridine rings is 1. The van der Waals surface area contributed by atoms with Crippen molar-refractivity contribution in [1.29, 1.82) is 0 Å². The topological polar surface area (TPSA) is 34.6 Å². The Morgan fingerprint density at radius 2 is 1.07 bits per heavy atom. The predicted octanol–water partition coefficient (Wildman–Crippen LogP) is 6.24. The molecule has 4 rings (SSSR count). The Balaban J connectivity index is 1.74. The monoisotopic (exact) mass is 382 g/mol. The number of ether oxygens (including phenoxy) is 2. The molecule has 29 heavy (non-hydrogen) atoms. The number of hydrogen-bond donors (Lipinski definition) is 0. The highest BCUT2D eigenvalue weighted by Crippen LogP contribution is 2.36. The van der Waals surface area contributed by atoms with E-state index in [1.165, 1.54) is 0 Å². The molecule has 0 saturated carbocycles. The number of anilines is 3. The van der Waals surface area contributed by atoms with Crippen LogP contribution in [0, 0.1) is 0 Å². The Morgan fingerprint density at radius 1 is 0.586 bits per heavy atom. The third-order valence-corrected chi connectivity index (χ3v) is 4.75. The molecule has 1 heterocycles. The number of benzene rings is 3. The van der Waals surface area contributed by atoms with Gasteiger partial charge in [-0.1, -0.05) is 18.2 Å². The van der Waals surface area contributed by atoms with Gasteiger partial charge in [0.15, 0.2) is 0 Å². The predicted molar refractivity (Wildman–Crippen MR) is 117 cm³/mol. The van der Waals surface area contributed by atoms with Crippen molar-refractivity contribution in [3.05, 3.63) is 97.2 Å². The van der Waals surface area contributed by atoms with Gasteiger partial charge in [0.1, 0.15) is 11.5 Å². The molecule has 4 heteroatoms. The van der Waals surface area contributed by atoms with Crippen LogP contribution in [0.25, 0.3) is 11.3 Å². The molecule has 0 amide bonds. The molecular formula is C25H22N2O2. The minimum atomic E-state index is 0.828. The molecule has 0 aliphatic heterocycles. The molecule has 0 unspecified atom stereocenters. The van der Waals surface area contributed by atoms with Crippen molar-refractivity contribution in [1.82, 2.24) is 4.98 Å². The molecule has 0 saturated heterocycles. The summed E-state index contributed by atoms with van der Waals surface area (Å²) in [5.74, 6) is 1.66. The molecule has 0 spiro atoms. The Morgan fingerprint density at radius 3 is 1.48 bits per heavy atom. The van der Waals surface area contributed by atoms with Crippen molar-refractivity contribution in [2.75, 3.05) is 19.1 Å². The van der Waals surface area contributed by atoms with Gasteiger partial charge in [-0.15, -0.1) is 0 Å². The third-order valence-electron chi connectivity index (χ3n) is 4.75. The maximum atomic E-state index is 5.31. The Kier molecular flexibility index (Phi) is 5.43. The summed E-state index contributed by atoms with van der Waals surface area (Å²) in [6, 6.07) is 30.4. The maximum Gasteiger partial charge on any atom is 0.119 e. The summed E-state index contributed by atoms with van der Waals surface area (Å²) >= 11 is 0. The van der Waals surface area contributed by atoms with E-state index < -0.39 is 0 Å². The first-order valence-corrected chi connectivity index (χ1v) is 9.38.